The molecule has 0 spiro atoms. The zero-order chi connectivity index (χ0) is 25.7. The Morgan fingerprint density at radius 2 is 1.67 bits per heavy atom. The Morgan fingerprint density at radius 1 is 1.00 bits per heavy atom. The monoisotopic (exact) mass is 517 g/mol. The molecule has 2 heterocycles. The summed E-state index contributed by atoms with van der Waals surface area (Å²) in [4.78, 5) is 26.8. The summed E-state index contributed by atoms with van der Waals surface area (Å²) >= 11 is 0. The van der Waals surface area contributed by atoms with E-state index < -0.39 is 40.4 Å². The zero-order valence-electron chi connectivity index (χ0n) is 19.8. The van der Waals surface area contributed by atoms with Gasteiger partial charge in [0.2, 0.25) is 15.9 Å². The van der Waals surface area contributed by atoms with Crippen molar-refractivity contribution in [2.24, 2.45) is 0 Å². The molecule has 0 aliphatic carbocycles. The number of hydrogen-bond acceptors (Lipinski definition) is 7. The molecule has 2 aliphatic rings. The van der Waals surface area contributed by atoms with Gasteiger partial charge in [0.05, 0.1) is 4.90 Å². The van der Waals surface area contributed by atoms with Gasteiger partial charge in [-0.25, -0.2) is 18.1 Å². The Morgan fingerprint density at radius 3 is 2.31 bits per heavy atom. The van der Waals surface area contributed by atoms with E-state index in [1.807, 2.05) is 4.90 Å². The third-order valence-electron chi connectivity index (χ3n) is 6.53. The minimum absolute atomic E-state index is 0.00812. The molecule has 4 rings (SSSR count). The molecule has 2 aromatic carbocycles. The van der Waals surface area contributed by atoms with Crippen molar-refractivity contribution in [3.05, 3.63) is 60.2 Å². The molecule has 0 radical (unpaired) electrons. The maximum absolute atomic E-state index is 13.0. The van der Waals surface area contributed by atoms with Crippen LogP contribution in [0.15, 0.2) is 59.5 Å². The summed E-state index contributed by atoms with van der Waals surface area (Å²) in [5.74, 6) is -1.40. The van der Waals surface area contributed by atoms with Crippen LogP contribution in [0.5, 0.6) is 5.75 Å². The van der Waals surface area contributed by atoms with Gasteiger partial charge < -0.3 is 20.3 Å². The van der Waals surface area contributed by atoms with Crippen LogP contribution < -0.4 is 10.1 Å². The summed E-state index contributed by atoms with van der Waals surface area (Å²) in [6, 6.07) is 12.3. The lowest BCUT2D eigenvalue weighted by Crippen LogP contribution is -2.51. The number of hydrogen-bond donors (Lipinski definition) is 3. The van der Waals surface area contributed by atoms with Gasteiger partial charge in [-0.3, -0.25) is 4.79 Å². The number of carbonyl (C=O) groups excluding carboxylic acids is 1. The first-order chi connectivity index (χ1) is 17.3. The molecule has 11 heteroatoms. The van der Waals surface area contributed by atoms with Crippen molar-refractivity contribution in [2.45, 2.75) is 55.5 Å². The first-order valence-corrected chi connectivity index (χ1v) is 13.5. The van der Waals surface area contributed by atoms with Gasteiger partial charge in [-0.1, -0.05) is 30.3 Å². The average Bonchev–Trinajstić information content (AvgIpc) is 3.58. The van der Waals surface area contributed by atoms with Crippen LogP contribution in [0.1, 0.15) is 31.2 Å². The van der Waals surface area contributed by atoms with Crippen LogP contribution in [-0.2, 0) is 26.0 Å². The predicted molar refractivity (Wildman–Crippen MR) is 131 cm³/mol. The van der Waals surface area contributed by atoms with Crippen LogP contribution >= 0.6 is 0 Å². The minimum atomic E-state index is -3.88. The fourth-order valence-electron chi connectivity index (χ4n) is 4.58. The Labute approximate surface area is 210 Å². The van der Waals surface area contributed by atoms with E-state index in [0.717, 1.165) is 30.2 Å². The molecular weight excluding hydrogens is 486 g/mol. The lowest BCUT2D eigenvalue weighted by Gasteiger charge is -2.25. The number of carboxylic acid groups (broad SMARTS) is 1. The van der Waals surface area contributed by atoms with E-state index in [9.17, 15) is 28.2 Å². The lowest BCUT2D eigenvalue weighted by molar-refractivity contribution is -0.142. The maximum atomic E-state index is 13.0. The molecule has 0 aromatic heterocycles. The van der Waals surface area contributed by atoms with Gasteiger partial charge in [-0.2, -0.15) is 4.31 Å². The number of ether oxygens (including phenoxy) is 1. The Balaban J connectivity index is 1.39. The molecule has 10 nitrogen and oxygen atoms in total. The number of amides is 1. The zero-order valence-corrected chi connectivity index (χ0v) is 20.6. The summed E-state index contributed by atoms with van der Waals surface area (Å²) in [5, 5.41) is 22.4. The summed E-state index contributed by atoms with van der Waals surface area (Å²) < 4.78 is 32.8. The summed E-state index contributed by atoms with van der Waals surface area (Å²) in [7, 11) is -3.88. The van der Waals surface area contributed by atoms with Crippen LogP contribution in [0.2, 0.25) is 0 Å². The van der Waals surface area contributed by atoms with Gasteiger partial charge in [0, 0.05) is 26.1 Å². The highest BCUT2D eigenvalue weighted by molar-refractivity contribution is 7.89. The Hall–Kier alpha value is -2.99. The van der Waals surface area contributed by atoms with E-state index in [2.05, 4.69) is 5.32 Å². The molecule has 2 fully saturated rings. The molecule has 2 aliphatic heterocycles. The number of aliphatic hydroxyl groups is 1. The van der Waals surface area contributed by atoms with Crippen molar-refractivity contribution in [3.8, 4) is 5.75 Å². The van der Waals surface area contributed by atoms with Crippen molar-refractivity contribution in [3.63, 3.8) is 0 Å². The average molecular weight is 518 g/mol. The van der Waals surface area contributed by atoms with Crippen LogP contribution in [0.25, 0.3) is 0 Å². The standard InChI is InChI=1S/C25H31N3O7S/c29-23(22-9-6-16-28(22)36(33,34)20-7-2-1-3-8-20)26-21(24(30)31)17-18-10-12-19(13-11-18)35-25(32)27-14-4-5-15-27/h1-3,7-8,10-13,21-22,25,32H,4-6,9,14-17H2,(H,26,29)(H,30,31). The van der Waals surface area contributed by atoms with Gasteiger partial charge in [-0.15, -0.1) is 0 Å². The van der Waals surface area contributed by atoms with Crippen molar-refractivity contribution in [2.75, 3.05) is 19.6 Å². The molecule has 3 unspecified atom stereocenters. The van der Waals surface area contributed by atoms with Crippen LogP contribution in [0, 0.1) is 0 Å². The normalized spacial score (nSPS) is 20.6. The van der Waals surface area contributed by atoms with Crippen molar-refractivity contribution >= 4 is 21.9 Å². The maximum Gasteiger partial charge on any atom is 0.326 e. The number of benzene rings is 2. The first-order valence-electron chi connectivity index (χ1n) is 12.0. The van der Waals surface area contributed by atoms with Gasteiger partial charge in [0.15, 0.2) is 0 Å². The van der Waals surface area contributed by atoms with Gasteiger partial charge in [-0.05, 0) is 55.5 Å². The number of sulfonamides is 1. The van der Waals surface area contributed by atoms with Crippen LogP contribution in [0.4, 0.5) is 0 Å². The van der Waals surface area contributed by atoms with E-state index in [-0.39, 0.29) is 17.9 Å². The fourth-order valence-corrected chi connectivity index (χ4v) is 6.26. The van der Waals surface area contributed by atoms with E-state index >= 15 is 0 Å². The highest BCUT2D eigenvalue weighted by Crippen LogP contribution is 2.26. The molecule has 194 valence electrons. The van der Waals surface area contributed by atoms with Crippen molar-refractivity contribution < 1.29 is 33.0 Å². The van der Waals surface area contributed by atoms with E-state index in [1.54, 1.807) is 42.5 Å². The van der Waals surface area contributed by atoms with E-state index in [0.29, 0.717) is 24.2 Å². The van der Waals surface area contributed by atoms with Crippen molar-refractivity contribution in [1.82, 2.24) is 14.5 Å². The summed E-state index contributed by atoms with van der Waals surface area (Å²) in [6.07, 6.45) is 1.82. The third-order valence-corrected chi connectivity index (χ3v) is 8.45. The summed E-state index contributed by atoms with van der Waals surface area (Å²) in [5.41, 5.74) is 0.644. The quantitative estimate of drug-likeness (QED) is 0.403. The topological polar surface area (TPSA) is 136 Å². The van der Waals surface area contributed by atoms with Crippen LogP contribution in [-0.4, -0.2) is 77.8 Å². The number of carbonyl (C=O) groups is 2. The molecule has 36 heavy (non-hydrogen) atoms. The molecular formula is C25H31N3O7S. The second kappa shape index (κ2) is 11.4. The second-order valence-corrected chi connectivity index (χ2v) is 10.9. The number of aliphatic hydroxyl groups excluding tert-OH is 1. The second-order valence-electron chi connectivity index (χ2n) is 9.02. The number of carboxylic acids is 1. The SMILES string of the molecule is O=C(O)C(Cc1ccc(OC(O)N2CCCC2)cc1)NC(=O)C1CCCN1S(=O)(=O)c1ccccc1. The molecule has 3 N–H and O–H groups in total. The number of likely N-dealkylation sites (tertiary alicyclic amines) is 1. The van der Waals surface area contributed by atoms with E-state index in [1.165, 1.54) is 12.1 Å². The smallest absolute Gasteiger partial charge is 0.326 e. The van der Waals surface area contributed by atoms with E-state index in [4.69, 9.17) is 4.74 Å². The Bertz CT molecular complexity index is 1150. The molecule has 2 aromatic rings. The number of nitrogens with one attached hydrogen (secondary N) is 1. The predicted octanol–water partition coefficient (Wildman–Crippen LogP) is 1.40. The third kappa shape index (κ3) is 6.04. The van der Waals surface area contributed by atoms with Crippen molar-refractivity contribution in [1.29, 1.82) is 0 Å². The fraction of sp³-hybridized carbons (Fsp3) is 0.440. The van der Waals surface area contributed by atoms with Gasteiger partial charge >= 0.3 is 5.97 Å². The number of rotatable bonds is 10. The first kappa shape index (κ1) is 26.1. The van der Waals surface area contributed by atoms with Gasteiger partial charge in [0.1, 0.15) is 17.8 Å². The largest absolute Gasteiger partial charge is 0.480 e. The molecule has 0 bridgehead atoms. The van der Waals surface area contributed by atoms with Gasteiger partial charge in [0.25, 0.3) is 6.41 Å². The summed E-state index contributed by atoms with van der Waals surface area (Å²) in [6.45, 7) is 1.73. The molecule has 3 atom stereocenters. The molecule has 0 saturated carbocycles. The molecule has 1 amide bonds. The number of nitrogens with zero attached hydrogens (tertiary/aromatic N) is 2. The minimum Gasteiger partial charge on any atom is -0.480 e. The number of aliphatic carboxylic acids is 1. The highest BCUT2D eigenvalue weighted by atomic mass is 32.2. The molecule has 2 saturated heterocycles. The lowest BCUT2D eigenvalue weighted by atomic mass is 10.1. The van der Waals surface area contributed by atoms with Crippen LogP contribution in [0.3, 0.4) is 0 Å². The highest BCUT2D eigenvalue weighted by Gasteiger charge is 2.40. The Kier molecular flexibility index (Phi) is 8.24.